The van der Waals surface area contributed by atoms with Gasteiger partial charge in [0.2, 0.25) is 0 Å². The number of methoxy groups -OCH3 is 2. The van der Waals surface area contributed by atoms with Gasteiger partial charge in [0.05, 0.1) is 14.2 Å². The molecule has 2 aliphatic heterocycles. The molecule has 6 nitrogen and oxygen atoms in total. The van der Waals surface area contributed by atoms with Crippen molar-refractivity contribution in [1.82, 2.24) is 4.90 Å². The van der Waals surface area contributed by atoms with E-state index in [0.29, 0.717) is 24.5 Å². The minimum absolute atomic E-state index is 0.407. The first-order chi connectivity index (χ1) is 12.6. The number of benzene rings is 2. The Balaban J connectivity index is 2.05. The molecule has 1 saturated heterocycles. The summed E-state index contributed by atoms with van der Waals surface area (Å²) in [7, 11) is 3.12. The quantitative estimate of drug-likeness (QED) is 0.861. The molecular weight excluding hydrogens is 334 g/mol. The Labute approximate surface area is 151 Å². The lowest BCUT2D eigenvalue weighted by atomic mass is 9.73. The molecule has 1 fully saturated rings. The van der Waals surface area contributed by atoms with Gasteiger partial charge < -0.3 is 24.6 Å². The predicted octanol–water partition coefficient (Wildman–Crippen LogP) is 1.07. The van der Waals surface area contributed by atoms with E-state index in [1.807, 2.05) is 42.5 Å². The number of amides is 1. The predicted molar refractivity (Wildman–Crippen MR) is 94.2 cm³/mol. The van der Waals surface area contributed by atoms with Crippen molar-refractivity contribution < 1.29 is 24.5 Å². The molecule has 0 saturated carbocycles. The zero-order chi connectivity index (χ0) is 18.5. The molecule has 6 heteroatoms. The van der Waals surface area contributed by atoms with E-state index in [0.717, 1.165) is 16.7 Å². The summed E-state index contributed by atoms with van der Waals surface area (Å²) in [6, 6.07) is 13.0. The van der Waals surface area contributed by atoms with E-state index in [9.17, 15) is 15.0 Å². The van der Waals surface area contributed by atoms with Gasteiger partial charge in [-0.25, -0.2) is 0 Å². The molecule has 2 aromatic rings. The molecule has 0 radical (unpaired) electrons. The molecule has 0 bridgehead atoms. The first-order valence-corrected chi connectivity index (χ1v) is 8.54. The maximum atomic E-state index is 12.7. The van der Waals surface area contributed by atoms with Gasteiger partial charge >= 0.3 is 0 Å². The van der Waals surface area contributed by atoms with E-state index in [2.05, 4.69) is 0 Å². The Bertz CT molecular complexity index is 853. The topological polar surface area (TPSA) is 79.2 Å². The third kappa shape index (κ3) is 2.03. The van der Waals surface area contributed by atoms with Crippen LogP contribution in [0.25, 0.3) is 0 Å². The first kappa shape index (κ1) is 16.9. The molecule has 0 spiro atoms. The number of carbonyl (C=O) groups is 1. The van der Waals surface area contributed by atoms with Gasteiger partial charge in [-0.3, -0.25) is 4.79 Å². The second kappa shape index (κ2) is 6.00. The summed E-state index contributed by atoms with van der Waals surface area (Å²) >= 11 is 0. The molecule has 136 valence electrons. The van der Waals surface area contributed by atoms with E-state index in [1.165, 1.54) is 0 Å². The van der Waals surface area contributed by atoms with Crippen molar-refractivity contribution in [3.63, 3.8) is 0 Å². The Morgan fingerprint density at radius 1 is 1.08 bits per heavy atom. The van der Waals surface area contributed by atoms with Crippen LogP contribution in [0, 0.1) is 0 Å². The number of hydrogen-bond donors (Lipinski definition) is 2. The van der Waals surface area contributed by atoms with Crippen LogP contribution in [-0.4, -0.2) is 54.0 Å². The average Bonchev–Trinajstić information content (AvgIpc) is 2.89. The minimum Gasteiger partial charge on any atom is -0.493 e. The Kier molecular flexibility index (Phi) is 3.89. The molecule has 0 aliphatic carbocycles. The lowest BCUT2D eigenvalue weighted by Gasteiger charge is -2.45. The van der Waals surface area contributed by atoms with Crippen LogP contribution < -0.4 is 9.47 Å². The van der Waals surface area contributed by atoms with E-state index >= 15 is 0 Å². The molecule has 2 aliphatic rings. The summed E-state index contributed by atoms with van der Waals surface area (Å²) in [6.45, 7) is 0.407. The smallest absolute Gasteiger partial charge is 0.255 e. The number of aliphatic hydroxyl groups excluding tert-OH is 2. The van der Waals surface area contributed by atoms with Crippen LogP contribution in [0.3, 0.4) is 0 Å². The van der Waals surface area contributed by atoms with Gasteiger partial charge in [0.1, 0.15) is 11.6 Å². The number of ether oxygens (including phenoxy) is 2. The highest BCUT2D eigenvalue weighted by Crippen LogP contribution is 2.51. The third-order valence-electron chi connectivity index (χ3n) is 5.51. The number of nitrogens with zero attached hydrogens (tertiary/aromatic N) is 1. The van der Waals surface area contributed by atoms with Crippen molar-refractivity contribution >= 4 is 5.91 Å². The fourth-order valence-corrected chi connectivity index (χ4v) is 4.34. The van der Waals surface area contributed by atoms with E-state index in [-0.39, 0.29) is 0 Å². The summed E-state index contributed by atoms with van der Waals surface area (Å²) in [5.41, 5.74) is 1.32. The van der Waals surface area contributed by atoms with Crippen molar-refractivity contribution in [3.05, 3.63) is 59.2 Å². The SMILES string of the molecule is COc1cc2c(cc1OC)[C@]1(c3ccccc3)[C@H](O)[C@@H](O)C(=O)N1CC2. The average molecular weight is 355 g/mol. The largest absolute Gasteiger partial charge is 0.493 e. The van der Waals surface area contributed by atoms with Crippen LogP contribution in [0.2, 0.25) is 0 Å². The van der Waals surface area contributed by atoms with Gasteiger partial charge in [0, 0.05) is 6.54 Å². The number of aliphatic hydroxyl groups is 2. The molecule has 1 amide bonds. The maximum absolute atomic E-state index is 12.7. The summed E-state index contributed by atoms with van der Waals surface area (Å²) in [6.07, 6.45) is -2.14. The van der Waals surface area contributed by atoms with Gasteiger partial charge in [-0.1, -0.05) is 30.3 Å². The van der Waals surface area contributed by atoms with Crippen LogP contribution in [0.5, 0.6) is 11.5 Å². The highest BCUT2D eigenvalue weighted by atomic mass is 16.5. The number of rotatable bonds is 3. The summed E-state index contributed by atoms with van der Waals surface area (Å²) < 4.78 is 10.9. The van der Waals surface area contributed by atoms with Gasteiger partial charge in [-0.15, -0.1) is 0 Å². The molecule has 0 unspecified atom stereocenters. The normalized spacial score (nSPS) is 27.1. The lowest BCUT2D eigenvalue weighted by Crippen LogP contribution is -2.53. The number of hydrogen-bond acceptors (Lipinski definition) is 5. The van der Waals surface area contributed by atoms with Gasteiger partial charge in [-0.05, 0) is 35.2 Å². The summed E-state index contributed by atoms with van der Waals surface area (Å²) in [4.78, 5) is 14.3. The zero-order valence-corrected chi connectivity index (χ0v) is 14.7. The van der Waals surface area contributed by atoms with E-state index in [4.69, 9.17) is 9.47 Å². The summed E-state index contributed by atoms with van der Waals surface area (Å²) in [5, 5.41) is 21.4. The zero-order valence-electron chi connectivity index (χ0n) is 14.7. The standard InChI is InChI=1S/C20H21NO5/c1-25-15-10-12-8-9-21-19(24)17(22)18(23)20(21,13-6-4-3-5-7-13)14(12)11-16(15)26-2/h3-7,10-11,17-18,22-23H,8-9H2,1-2H3/t17-,18-,20-/m1/s1. The molecule has 26 heavy (non-hydrogen) atoms. The molecule has 4 rings (SSSR count). The first-order valence-electron chi connectivity index (χ1n) is 8.54. The monoisotopic (exact) mass is 355 g/mol. The van der Waals surface area contributed by atoms with Crippen LogP contribution in [0.15, 0.2) is 42.5 Å². The van der Waals surface area contributed by atoms with Crippen LogP contribution in [-0.2, 0) is 16.8 Å². The molecule has 2 aromatic carbocycles. The lowest BCUT2D eigenvalue weighted by molar-refractivity contribution is -0.137. The van der Waals surface area contributed by atoms with Crippen LogP contribution >= 0.6 is 0 Å². The van der Waals surface area contributed by atoms with Gasteiger partial charge in [0.15, 0.2) is 17.6 Å². The Morgan fingerprint density at radius 2 is 1.73 bits per heavy atom. The highest BCUT2D eigenvalue weighted by molar-refractivity contribution is 5.88. The fraction of sp³-hybridized carbons (Fsp3) is 0.350. The molecule has 3 atom stereocenters. The van der Waals surface area contributed by atoms with Crippen LogP contribution in [0.4, 0.5) is 0 Å². The number of fused-ring (bicyclic) bond motifs is 3. The van der Waals surface area contributed by atoms with Gasteiger partial charge in [0.25, 0.3) is 5.91 Å². The number of carbonyl (C=O) groups excluding carboxylic acids is 1. The van der Waals surface area contributed by atoms with Crippen molar-refractivity contribution in [1.29, 1.82) is 0 Å². The van der Waals surface area contributed by atoms with Crippen molar-refractivity contribution in [2.45, 2.75) is 24.2 Å². The molecule has 0 aromatic heterocycles. The Hall–Kier alpha value is -2.57. The second-order valence-electron chi connectivity index (χ2n) is 6.63. The summed E-state index contributed by atoms with van der Waals surface area (Å²) in [5.74, 6) is 0.661. The fourth-order valence-electron chi connectivity index (χ4n) is 4.34. The van der Waals surface area contributed by atoms with Crippen molar-refractivity contribution in [2.75, 3.05) is 20.8 Å². The maximum Gasteiger partial charge on any atom is 0.255 e. The molecule has 2 heterocycles. The third-order valence-corrected chi connectivity index (χ3v) is 5.51. The Morgan fingerprint density at radius 3 is 2.38 bits per heavy atom. The van der Waals surface area contributed by atoms with E-state index in [1.54, 1.807) is 19.1 Å². The van der Waals surface area contributed by atoms with E-state index < -0.39 is 23.7 Å². The van der Waals surface area contributed by atoms with Crippen molar-refractivity contribution in [3.8, 4) is 11.5 Å². The van der Waals surface area contributed by atoms with Crippen LogP contribution in [0.1, 0.15) is 16.7 Å². The van der Waals surface area contributed by atoms with Gasteiger partial charge in [-0.2, -0.15) is 0 Å². The highest BCUT2D eigenvalue weighted by Gasteiger charge is 2.61. The second-order valence-corrected chi connectivity index (χ2v) is 6.63. The minimum atomic E-state index is -1.46. The molecule has 2 N–H and O–H groups in total. The molecular formula is C20H21NO5. The van der Waals surface area contributed by atoms with Crippen molar-refractivity contribution in [2.24, 2.45) is 0 Å².